The molecule has 0 atom stereocenters. The van der Waals surface area contributed by atoms with E-state index in [9.17, 15) is 22.8 Å². The van der Waals surface area contributed by atoms with Crippen LogP contribution >= 0.6 is 0 Å². The Morgan fingerprint density at radius 1 is 0.781 bits per heavy atom. The summed E-state index contributed by atoms with van der Waals surface area (Å²) in [5.74, 6) is -2.35. The molecule has 0 bridgehead atoms. The van der Waals surface area contributed by atoms with Crippen LogP contribution in [-0.4, -0.2) is 45.9 Å². The van der Waals surface area contributed by atoms with Crippen LogP contribution in [0.25, 0.3) is 0 Å². The SMILES string of the molecule is CCCCNC(=O)Nc1ccc(S(=O)(=O)NC(=O)C(=O)NCCNc2ccccc2)cc1. The highest BCUT2D eigenvalue weighted by Gasteiger charge is 2.22. The van der Waals surface area contributed by atoms with Crippen LogP contribution < -0.4 is 26.0 Å². The molecule has 0 aliphatic rings. The Morgan fingerprint density at radius 2 is 1.47 bits per heavy atom. The summed E-state index contributed by atoms with van der Waals surface area (Å²) in [7, 11) is -4.25. The minimum atomic E-state index is -4.25. The average Bonchev–Trinajstić information content (AvgIpc) is 2.77. The van der Waals surface area contributed by atoms with Gasteiger partial charge in [0.1, 0.15) is 0 Å². The quantitative estimate of drug-likeness (QED) is 0.269. The second-order valence-corrected chi connectivity index (χ2v) is 8.42. The van der Waals surface area contributed by atoms with Gasteiger partial charge in [0.2, 0.25) is 0 Å². The molecular formula is C21H27N5O5S. The van der Waals surface area contributed by atoms with Gasteiger partial charge in [-0.25, -0.2) is 17.9 Å². The minimum Gasteiger partial charge on any atom is -0.383 e. The topological polar surface area (TPSA) is 146 Å². The molecule has 0 aliphatic heterocycles. The van der Waals surface area contributed by atoms with Crippen molar-refractivity contribution in [2.45, 2.75) is 24.7 Å². The zero-order valence-electron chi connectivity index (χ0n) is 17.7. The molecule has 172 valence electrons. The van der Waals surface area contributed by atoms with Crippen LogP contribution in [0.3, 0.4) is 0 Å². The molecule has 10 nitrogen and oxygen atoms in total. The highest BCUT2D eigenvalue weighted by molar-refractivity contribution is 7.90. The number of unbranched alkanes of at least 4 members (excludes halogenated alkanes) is 1. The van der Waals surface area contributed by atoms with Crippen LogP contribution in [0.2, 0.25) is 0 Å². The number of carbonyl (C=O) groups is 3. The largest absolute Gasteiger partial charge is 0.383 e. The molecule has 0 radical (unpaired) electrons. The maximum atomic E-state index is 12.3. The van der Waals surface area contributed by atoms with Crippen molar-refractivity contribution < 1.29 is 22.8 Å². The van der Waals surface area contributed by atoms with Crippen LogP contribution in [0.4, 0.5) is 16.2 Å². The molecule has 0 aromatic heterocycles. The van der Waals surface area contributed by atoms with Gasteiger partial charge in [-0.3, -0.25) is 9.59 Å². The smallest absolute Gasteiger partial charge is 0.322 e. The van der Waals surface area contributed by atoms with E-state index in [1.807, 2.05) is 37.3 Å². The van der Waals surface area contributed by atoms with Crippen molar-refractivity contribution in [3.63, 3.8) is 0 Å². The van der Waals surface area contributed by atoms with Crippen molar-refractivity contribution >= 4 is 39.2 Å². The molecule has 0 unspecified atom stereocenters. The van der Waals surface area contributed by atoms with Gasteiger partial charge in [-0.2, -0.15) is 0 Å². The fraction of sp³-hybridized carbons (Fsp3) is 0.286. The molecular weight excluding hydrogens is 434 g/mol. The van der Waals surface area contributed by atoms with Crippen LogP contribution in [0, 0.1) is 0 Å². The first kappa shape index (κ1) is 24.7. The minimum absolute atomic E-state index is 0.127. The summed E-state index contributed by atoms with van der Waals surface area (Å²) in [6.07, 6.45) is 1.79. The van der Waals surface area contributed by atoms with Crippen LogP contribution in [0.1, 0.15) is 19.8 Å². The lowest BCUT2D eigenvalue weighted by molar-refractivity contribution is -0.138. The molecule has 0 saturated carbocycles. The maximum Gasteiger partial charge on any atom is 0.322 e. The number of carbonyl (C=O) groups excluding carboxylic acids is 3. The number of urea groups is 1. The molecule has 32 heavy (non-hydrogen) atoms. The van der Waals surface area contributed by atoms with Crippen molar-refractivity contribution in [1.82, 2.24) is 15.4 Å². The second kappa shape index (κ2) is 12.3. The molecule has 0 saturated heterocycles. The zero-order valence-corrected chi connectivity index (χ0v) is 18.5. The number of hydrogen-bond acceptors (Lipinski definition) is 6. The van der Waals surface area contributed by atoms with E-state index in [4.69, 9.17) is 0 Å². The van der Waals surface area contributed by atoms with Crippen molar-refractivity contribution in [2.75, 3.05) is 30.3 Å². The van der Waals surface area contributed by atoms with Gasteiger partial charge in [0, 0.05) is 31.0 Å². The Labute approximate surface area is 187 Å². The molecule has 4 amide bonds. The van der Waals surface area contributed by atoms with Gasteiger partial charge in [0.05, 0.1) is 4.90 Å². The number of rotatable bonds is 10. The molecule has 2 aromatic carbocycles. The lowest BCUT2D eigenvalue weighted by atomic mass is 10.3. The molecule has 2 rings (SSSR count). The first-order valence-electron chi connectivity index (χ1n) is 10.1. The summed E-state index contributed by atoms with van der Waals surface area (Å²) in [4.78, 5) is 35.3. The van der Waals surface area contributed by atoms with Crippen LogP contribution in [0.15, 0.2) is 59.5 Å². The molecule has 0 spiro atoms. The molecule has 0 aliphatic carbocycles. The molecule has 11 heteroatoms. The normalized spacial score (nSPS) is 10.7. The van der Waals surface area contributed by atoms with Crippen molar-refractivity contribution in [3.05, 3.63) is 54.6 Å². The summed E-state index contributed by atoms with van der Waals surface area (Å²) in [5.41, 5.74) is 1.23. The number of benzene rings is 2. The molecule has 0 heterocycles. The second-order valence-electron chi connectivity index (χ2n) is 6.74. The maximum absolute atomic E-state index is 12.3. The van der Waals surface area contributed by atoms with Crippen molar-refractivity contribution in [1.29, 1.82) is 0 Å². The van der Waals surface area contributed by atoms with Crippen LogP contribution in [0.5, 0.6) is 0 Å². The summed E-state index contributed by atoms with van der Waals surface area (Å²) in [6.45, 7) is 3.02. The third-order valence-electron chi connectivity index (χ3n) is 4.19. The van der Waals surface area contributed by atoms with E-state index < -0.39 is 27.9 Å². The predicted octanol–water partition coefficient (Wildman–Crippen LogP) is 1.64. The Morgan fingerprint density at radius 3 is 2.12 bits per heavy atom. The van der Waals surface area contributed by atoms with Crippen LogP contribution in [-0.2, 0) is 19.6 Å². The van der Waals surface area contributed by atoms with E-state index in [1.54, 1.807) is 4.72 Å². The van der Waals surface area contributed by atoms with Gasteiger partial charge in [0.25, 0.3) is 10.0 Å². The molecule has 5 N–H and O–H groups in total. The van der Waals surface area contributed by atoms with Crippen molar-refractivity contribution in [3.8, 4) is 0 Å². The number of sulfonamides is 1. The van der Waals surface area contributed by atoms with Gasteiger partial charge in [0.15, 0.2) is 0 Å². The Balaban J connectivity index is 1.81. The zero-order chi connectivity index (χ0) is 23.4. The summed E-state index contributed by atoms with van der Waals surface area (Å²) >= 11 is 0. The predicted molar refractivity (Wildman–Crippen MR) is 122 cm³/mol. The number of nitrogens with one attached hydrogen (secondary N) is 5. The van der Waals surface area contributed by atoms with Gasteiger partial charge in [-0.1, -0.05) is 31.5 Å². The third-order valence-corrected chi connectivity index (χ3v) is 5.53. The monoisotopic (exact) mass is 461 g/mol. The third kappa shape index (κ3) is 8.26. The first-order chi connectivity index (χ1) is 15.3. The highest BCUT2D eigenvalue weighted by Crippen LogP contribution is 2.14. The van der Waals surface area contributed by atoms with E-state index in [1.165, 1.54) is 24.3 Å². The van der Waals surface area contributed by atoms with Crippen molar-refractivity contribution in [2.24, 2.45) is 0 Å². The first-order valence-corrected chi connectivity index (χ1v) is 11.6. The molecule has 0 fully saturated rings. The fourth-order valence-corrected chi connectivity index (χ4v) is 3.47. The van der Waals surface area contributed by atoms with Gasteiger partial charge in [-0.05, 0) is 42.8 Å². The van der Waals surface area contributed by atoms with E-state index in [0.717, 1.165) is 18.5 Å². The summed E-state index contributed by atoms with van der Waals surface area (Å²) in [6, 6.07) is 14.1. The summed E-state index contributed by atoms with van der Waals surface area (Å²) < 4.78 is 26.4. The Bertz CT molecular complexity index is 1010. The van der Waals surface area contributed by atoms with Gasteiger partial charge in [-0.15, -0.1) is 0 Å². The fourth-order valence-electron chi connectivity index (χ4n) is 2.52. The van der Waals surface area contributed by atoms with Gasteiger partial charge >= 0.3 is 17.8 Å². The lowest BCUT2D eigenvalue weighted by Crippen LogP contribution is -2.43. The average molecular weight is 462 g/mol. The number of amides is 4. The van der Waals surface area contributed by atoms with Gasteiger partial charge < -0.3 is 21.3 Å². The molecule has 2 aromatic rings. The number of para-hydroxylation sites is 1. The van der Waals surface area contributed by atoms with E-state index >= 15 is 0 Å². The van der Waals surface area contributed by atoms with E-state index in [-0.39, 0.29) is 11.4 Å². The Kier molecular flexibility index (Phi) is 9.48. The highest BCUT2D eigenvalue weighted by atomic mass is 32.2. The Hall–Kier alpha value is -3.60. The van der Waals surface area contributed by atoms with E-state index in [2.05, 4.69) is 21.3 Å². The lowest BCUT2D eigenvalue weighted by Gasteiger charge is -2.10. The standard InChI is InChI=1S/C21H27N5O5S/c1-2-3-13-24-21(29)25-17-9-11-18(12-10-17)32(30,31)26-20(28)19(27)23-15-14-22-16-7-5-4-6-8-16/h4-12,22H,2-3,13-15H2,1H3,(H,23,27)(H,26,28)(H2,24,25,29). The van der Waals surface area contributed by atoms with E-state index in [0.29, 0.717) is 18.8 Å². The number of anilines is 2. The number of hydrogen-bond donors (Lipinski definition) is 5. The summed E-state index contributed by atoms with van der Waals surface area (Å²) in [5, 5.41) is 10.6.